The second-order valence-corrected chi connectivity index (χ2v) is 6.81. The van der Waals surface area contributed by atoms with Crippen LogP contribution in [0.3, 0.4) is 0 Å². The summed E-state index contributed by atoms with van der Waals surface area (Å²) in [6.07, 6.45) is 0. The summed E-state index contributed by atoms with van der Waals surface area (Å²) in [5, 5.41) is 0. The van der Waals surface area contributed by atoms with Crippen molar-refractivity contribution in [2.24, 2.45) is 0 Å². The van der Waals surface area contributed by atoms with Crippen LogP contribution in [0.25, 0.3) is 0 Å². The minimum Gasteiger partial charge on any atom is -0.497 e. The van der Waals surface area contributed by atoms with Gasteiger partial charge in [0.05, 0.1) is 12.0 Å². The molecule has 0 spiro atoms. The first-order valence-corrected chi connectivity index (χ1v) is 8.78. The van der Waals surface area contributed by atoms with Crippen molar-refractivity contribution >= 4 is 27.9 Å². The Morgan fingerprint density at radius 1 is 1.15 bits per heavy atom. The van der Waals surface area contributed by atoms with Gasteiger partial charge in [0.1, 0.15) is 11.8 Å². The average Bonchev–Trinajstić information content (AvgIpc) is 2.58. The number of nitrogens with one attached hydrogen (secondary N) is 1. The minimum absolute atomic E-state index is 0.0176. The van der Waals surface area contributed by atoms with Crippen LogP contribution in [0.15, 0.2) is 29.2 Å². The quantitative estimate of drug-likeness (QED) is 0.527. The number of hydrogen-bond donors (Lipinski definition) is 3. The van der Waals surface area contributed by atoms with Crippen molar-refractivity contribution in [3.05, 3.63) is 30.1 Å². The van der Waals surface area contributed by atoms with E-state index >= 15 is 0 Å². The van der Waals surface area contributed by atoms with E-state index in [0.717, 1.165) is 0 Å². The molecule has 0 amide bonds. The van der Waals surface area contributed by atoms with Gasteiger partial charge in [0.25, 0.3) is 0 Å². The Morgan fingerprint density at radius 2 is 1.73 bits per heavy atom. The van der Waals surface area contributed by atoms with E-state index in [4.69, 9.17) is 20.9 Å². The Labute approximate surface area is 149 Å². The highest BCUT2D eigenvalue weighted by molar-refractivity contribution is 7.89. The van der Waals surface area contributed by atoms with Gasteiger partial charge in [-0.15, -0.1) is 0 Å². The monoisotopic (exact) mass is 382 g/mol. The van der Waals surface area contributed by atoms with Crippen LogP contribution in [0.2, 0.25) is 0 Å². The minimum atomic E-state index is -3.91. The molecule has 0 aliphatic carbocycles. The van der Waals surface area contributed by atoms with E-state index in [-0.39, 0.29) is 29.2 Å². The van der Waals surface area contributed by atoms with Gasteiger partial charge in [0, 0.05) is 0 Å². The van der Waals surface area contributed by atoms with E-state index in [0.29, 0.717) is 5.75 Å². The van der Waals surface area contributed by atoms with Crippen molar-refractivity contribution in [1.29, 1.82) is 0 Å². The second kappa shape index (κ2) is 7.93. The van der Waals surface area contributed by atoms with Crippen molar-refractivity contribution in [3.8, 4) is 5.75 Å². The van der Waals surface area contributed by atoms with Crippen LogP contribution < -0.4 is 20.9 Å². The number of sulfonamides is 1. The number of benzene rings is 1. The zero-order valence-corrected chi connectivity index (χ0v) is 14.9. The van der Waals surface area contributed by atoms with Gasteiger partial charge < -0.3 is 20.9 Å². The zero-order valence-electron chi connectivity index (χ0n) is 14.0. The van der Waals surface area contributed by atoms with Gasteiger partial charge in [-0.2, -0.15) is 19.7 Å². The maximum absolute atomic E-state index is 12.3. The Hall–Kier alpha value is -2.99. The lowest BCUT2D eigenvalue weighted by molar-refractivity contribution is -0.146. The fourth-order valence-corrected chi connectivity index (χ4v) is 3.08. The Morgan fingerprint density at radius 3 is 2.27 bits per heavy atom. The van der Waals surface area contributed by atoms with Crippen LogP contribution in [0.5, 0.6) is 5.75 Å². The molecule has 5 N–H and O–H groups in total. The summed E-state index contributed by atoms with van der Waals surface area (Å²) < 4.78 is 36.7. The number of anilines is 2. The number of carbonyl (C=O) groups excluding carboxylic acids is 1. The summed E-state index contributed by atoms with van der Waals surface area (Å²) >= 11 is 0. The van der Waals surface area contributed by atoms with Crippen molar-refractivity contribution in [1.82, 2.24) is 19.7 Å². The van der Waals surface area contributed by atoms with E-state index in [2.05, 4.69) is 19.7 Å². The van der Waals surface area contributed by atoms with E-state index < -0.39 is 22.0 Å². The van der Waals surface area contributed by atoms with Gasteiger partial charge in [-0.3, -0.25) is 4.79 Å². The van der Waals surface area contributed by atoms with Gasteiger partial charge in [-0.1, -0.05) is 0 Å². The van der Waals surface area contributed by atoms with Crippen LogP contribution in [0, 0.1) is 0 Å². The molecule has 1 aromatic carbocycles. The van der Waals surface area contributed by atoms with Gasteiger partial charge in [-0.05, 0) is 31.2 Å². The van der Waals surface area contributed by atoms with Gasteiger partial charge in [0.15, 0.2) is 12.4 Å². The van der Waals surface area contributed by atoms with Gasteiger partial charge >= 0.3 is 5.97 Å². The summed E-state index contributed by atoms with van der Waals surface area (Å²) in [6.45, 7) is 1.02. The molecule has 0 unspecified atom stereocenters. The number of ether oxygens (including phenoxy) is 2. The maximum Gasteiger partial charge on any atom is 0.324 e. The number of nitrogens with two attached hydrogens (primary N) is 2. The summed E-state index contributed by atoms with van der Waals surface area (Å²) in [6, 6.07) is 4.56. The summed E-state index contributed by atoms with van der Waals surface area (Å²) in [7, 11) is -2.45. The number of carbonyl (C=O) groups is 1. The molecule has 2 aromatic rings. The molecule has 12 heteroatoms. The molecule has 26 heavy (non-hydrogen) atoms. The second-order valence-electron chi connectivity index (χ2n) is 5.09. The molecule has 0 aliphatic rings. The number of methoxy groups -OCH3 is 1. The lowest BCUT2D eigenvalue weighted by Crippen LogP contribution is -2.39. The normalized spacial score (nSPS) is 12.4. The Balaban J connectivity index is 1.98. The third kappa shape index (κ3) is 5.00. The summed E-state index contributed by atoms with van der Waals surface area (Å²) in [5.41, 5.74) is 10.8. The standard InChI is InChI=1S/C14H18N6O5S/c1-8(12(21)25-7-11-17-13(15)19-14(16)18-11)20-26(22,23)10-5-3-9(24-2)4-6-10/h3-6,8,20H,7H2,1-2H3,(H4,15,16,17,18,19)/t8-/m0/s1. The van der Waals surface area contributed by atoms with E-state index in [1.807, 2.05) is 0 Å². The lowest BCUT2D eigenvalue weighted by atomic mass is 10.3. The predicted octanol–water partition coefficient (Wildman–Crippen LogP) is -0.545. The van der Waals surface area contributed by atoms with Crippen molar-refractivity contribution < 1.29 is 22.7 Å². The number of rotatable bonds is 7. The third-order valence-corrected chi connectivity index (χ3v) is 4.67. The fraction of sp³-hybridized carbons (Fsp3) is 0.286. The molecule has 1 aromatic heterocycles. The molecular weight excluding hydrogens is 364 g/mol. The first kappa shape index (κ1) is 19.3. The van der Waals surface area contributed by atoms with Crippen LogP contribution >= 0.6 is 0 Å². The molecule has 1 atom stereocenters. The largest absolute Gasteiger partial charge is 0.497 e. The smallest absolute Gasteiger partial charge is 0.324 e. The number of nitrogens with zero attached hydrogens (tertiary/aromatic N) is 3. The molecule has 0 bridgehead atoms. The van der Waals surface area contributed by atoms with Crippen LogP contribution in [0.4, 0.5) is 11.9 Å². The van der Waals surface area contributed by atoms with Crippen molar-refractivity contribution in [2.75, 3.05) is 18.6 Å². The van der Waals surface area contributed by atoms with Gasteiger partial charge in [0.2, 0.25) is 21.9 Å². The number of hydrogen-bond acceptors (Lipinski definition) is 10. The number of esters is 1. The fourth-order valence-electron chi connectivity index (χ4n) is 1.89. The average molecular weight is 382 g/mol. The third-order valence-electron chi connectivity index (χ3n) is 3.12. The van der Waals surface area contributed by atoms with Crippen molar-refractivity contribution in [2.45, 2.75) is 24.5 Å². The van der Waals surface area contributed by atoms with E-state index in [1.54, 1.807) is 0 Å². The topological polar surface area (TPSA) is 172 Å². The van der Waals surface area contributed by atoms with Crippen molar-refractivity contribution in [3.63, 3.8) is 0 Å². The molecular formula is C14H18N6O5S. The molecule has 0 fully saturated rings. The number of aromatic nitrogens is 3. The highest BCUT2D eigenvalue weighted by Crippen LogP contribution is 2.15. The lowest BCUT2D eigenvalue weighted by Gasteiger charge is -2.14. The molecule has 1 heterocycles. The SMILES string of the molecule is COc1ccc(S(=O)(=O)N[C@@H](C)C(=O)OCc2nc(N)nc(N)n2)cc1. The molecule has 2 rings (SSSR count). The van der Waals surface area contributed by atoms with E-state index in [1.165, 1.54) is 38.3 Å². The predicted molar refractivity (Wildman–Crippen MR) is 91.2 cm³/mol. The van der Waals surface area contributed by atoms with E-state index in [9.17, 15) is 13.2 Å². The molecule has 0 saturated heterocycles. The molecule has 140 valence electrons. The summed E-state index contributed by atoms with van der Waals surface area (Å²) in [5.74, 6) is -0.492. The molecule has 0 radical (unpaired) electrons. The maximum atomic E-state index is 12.3. The number of nitrogen functional groups attached to an aromatic ring is 2. The Kier molecular flexibility index (Phi) is 5.90. The van der Waals surface area contributed by atoms with Crippen LogP contribution in [-0.2, 0) is 26.2 Å². The zero-order chi connectivity index (χ0) is 19.3. The van der Waals surface area contributed by atoms with Crippen LogP contribution in [0.1, 0.15) is 12.7 Å². The molecule has 0 saturated carbocycles. The van der Waals surface area contributed by atoms with Gasteiger partial charge in [-0.25, -0.2) is 8.42 Å². The Bertz CT molecular complexity index is 867. The molecule has 0 aliphatic heterocycles. The highest BCUT2D eigenvalue weighted by Gasteiger charge is 2.23. The molecule has 11 nitrogen and oxygen atoms in total. The summed E-state index contributed by atoms with van der Waals surface area (Å²) in [4.78, 5) is 23.1. The highest BCUT2D eigenvalue weighted by atomic mass is 32.2. The van der Waals surface area contributed by atoms with Crippen LogP contribution in [-0.4, -0.2) is 42.5 Å². The first-order chi connectivity index (χ1) is 12.2. The first-order valence-electron chi connectivity index (χ1n) is 7.30.